The summed E-state index contributed by atoms with van der Waals surface area (Å²) in [7, 11) is -7.69. The Morgan fingerprint density at radius 2 is 0.517 bits per heavy atom. The van der Waals surface area contributed by atoms with E-state index in [-0.39, 0.29) is 0 Å². The predicted molar refractivity (Wildman–Crippen MR) is 135 cm³/mol. The average Bonchev–Trinajstić information content (AvgIpc) is 2.73. The van der Waals surface area contributed by atoms with Crippen molar-refractivity contribution in [3.63, 3.8) is 0 Å². The summed E-state index contributed by atoms with van der Waals surface area (Å²) in [6.07, 6.45) is 0. The normalized spacial score (nSPS) is 14.5. The average molecular weight is 560 g/mol. The van der Waals surface area contributed by atoms with Crippen LogP contribution in [0.4, 0.5) is 0 Å². The number of hydrogen-bond acceptors (Lipinski definition) is 4. The Labute approximate surface area is 194 Å². The van der Waals surface area contributed by atoms with Gasteiger partial charge in [0.2, 0.25) is 0 Å². The van der Waals surface area contributed by atoms with E-state index < -0.39 is 55.3 Å². The van der Waals surface area contributed by atoms with Crippen LogP contribution in [0.25, 0.3) is 0 Å². The Morgan fingerprint density at radius 1 is 0.379 bits per heavy atom. The zero-order valence-electron chi connectivity index (χ0n) is 21.8. The summed E-state index contributed by atoms with van der Waals surface area (Å²) in [6, 6.07) is 8.68. The molecule has 0 aliphatic carbocycles. The van der Waals surface area contributed by atoms with Gasteiger partial charge < -0.3 is 0 Å². The van der Waals surface area contributed by atoms with Gasteiger partial charge in [-0.2, -0.15) is 0 Å². The molecular weight excluding hydrogens is 508 g/mol. The summed E-state index contributed by atoms with van der Waals surface area (Å²) in [6.45, 7) is 27.6. The maximum absolute atomic E-state index is 7.21. The third-order valence-electron chi connectivity index (χ3n) is 7.47. The van der Waals surface area contributed by atoms with Crippen molar-refractivity contribution in [1.29, 1.82) is 0 Å². The van der Waals surface area contributed by atoms with E-state index in [0.29, 0.717) is 0 Å². The van der Waals surface area contributed by atoms with Gasteiger partial charge in [0.15, 0.2) is 0 Å². The number of rotatable bonds is 16. The van der Waals surface area contributed by atoms with Crippen molar-refractivity contribution < 1.29 is 32.0 Å². The van der Waals surface area contributed by atoms with Crippen molar-refractivity contribution in [2.45, 2.75) is 130 Å². The second kappa shape index (κ2) is 12.7. The summed E-state index contributed by atoms with van der Waals surface area (Å²) in [5.74, 6) is 0. The van der Waals surface area contributed by atoms with E-state index in [2.05, 4.69) is 81.6 Å². The summed E-state index contributed by atoms with van der Waals surface area (Å²) < 4.78 is 28.8. The van der Waals surface area contributed by atoms with Gasteiger partial charge in [0.05, 0.1) is 0 Å². The van der Waals surface area contributed by atoms with E-state index in [1.165, 1.54) is 0 Å². The molecule has 0 aromatic rings. The zero-order chi connectivity index (χ0) is 23.0. The molecule has 0 atom stereocenters. The van der Waals surface area contributed by atoms with E-state index in [0.717, 1.165) is 48.4 Å². The van der Waals surface area contributed by atoms with Crippen molar-refractivity contribution >= 4 is 33.3 Å². The molecule has 0 unspecified atom stereocenters. The summed E-state index contributed by atoms with van der Waals surface area (Å²) >= 11 is -4.26. The maximum atomic E-state index is 7.21. The van der Waals surface area contributed by atoms with Gasteiger partial charge in [0.25, 0.3) is 0 Å². The van der Waals surface area contributed by atoms with E-state index in [9.17, 15) is 0 Å². The molecular formula is C20H52O4Si4Zr. The summed E-state index contributed by atoms with van der Waals surface area (Å²) in [5.41, 5.74) is 0. The molecule has 0 saturated heterocycles. The van der Waals surface area contributed by atoms with Gasteiger partial charge in [-0.3, -0.25) is 0 Å². The molecule has 0 fully saturated rings. The molecule has 0 heterocycles. The molecule has 0 amide bonds. The van der Waals surface area contributed by atoms with Crippen LogP contribution in [-0.2, 0) is 32.0 Å². The first-order chi connectivity index (χ1) is 13.3. The van der Waals surface area contributed by atoms with Gasteiger partial charge in [-0.25, -0.2) is 0 Å². The Hall–Kier alpha value is 1.59. The van der Waals surface area contributed by atoms with Crippen LogP contribution in [0.2, 0.25) is 74.5 Å². The van der Waals surface area contributed by atoms with Gasteiger partial charge >= 0.3 is 195 Å². The minimum atomic E-state index is -4.26. The van der Waals surface area contributed by atoms with Crippen LogP contribution >= 0.6 is 0 Å². The Balaban J connectivity index is 6.57. The van der Waals surface area contributed by atoms with Crippen LogP contribution in [0, 0.1) is 0 Å². The fraction of sp³-hybridized carbons (Fsp3) is 1.00. The molecule has 0 bridgehead atoms. The van der Waals surface area contributed by atoms with E-state index >= 15 is 0 Å². The van der Waals surface area contributed by atoms with Crippen molar-refractivity contribution in [2.24, 2.45) is 0 Å². The van der Waals surface area contributed by atoms with Crippen LogP contribution in [0.15, 0.2) is 0 Å². The molecule has 0 aromatic heterocycles. The van der Waals surface area contributed by atoms with E-state index in [1.54, 1.807) is 0 Å². The van der Waals surface area contributed by atoms with Crippen molar-refractivity contribution in [1.82, 2.24) is 0 Å². The number of hydrogen-bond donors (Lipinski definition) is 0. The van der Waals surface area contributed by atoms with Crippen LogP contribution in [-0.4, -0.2) is 33.3 Å². The first-order valence-electron chi connectivity index (χ1n) is 12.1. The standard InChI is InChI=1S/4C5H13OSi.Zr/c4*1-4-7(3,6)5-2;/h4*4-5H2,1-3H3;/q4*-1;+4. The monoisotopic (exact) mass is 558 g/mol. The molecule has 29 heavy (non-hydrogen) atoms. The summed E-state index contributed by atoms with van der Waals surface area (Å²) in [4.78, 5) is 0. The second-order valence-electron chi connectivity index (χ2n) is 9.54. The fourth-order valence-electron chi connectivity index (χ4n) is 2.91. The van der Waals surface area contributed by atoms with Crippen LogP contribution in [0.3, 0.4) is 0 Å². The van der Waals surface area contributed by atoms with Gasteiger partial charge in [-0.1, -0.05) is 0 Å². The van der Waals surface area contributed by atoms with Crippen LogP contribution in [0.1, 0.15) is 55.4 Å². The molecule has 0 aromatic carbocycles. The van der Waals surface area contributed by atoms with Crippen molar-refractivity contribution in [3.8, 4) is 0 Å². The predicted octanol–water partition coefficient (Wildman–Crippen LogP) is 8.33. The third-order valence-corrected chi connectivity index (χ3v) is 44.3. The molecule has 0 aliphatic rings. The first kappa shape index (κ1) is 30.6. The second-order valence-corrected chi connectivity index (χ2v) is 36.1. The molecule has 4 nitrogen and oxygen atoms in total. The first-order valence-corrected chi connectivity index (χ1v) is 27.4. The molecule has 0 aliphatic heterocycles. The minimum absolute atomic E-state index is 1.09. The third kappa shape index (κ3) is 9.16. The molecule has 0 radical (unpaired) electrons. The quantitative estimate of drug-likeness (QED) is 0.178. The Bertz CT molecular complexity index is 380. The molecule has 0 N–H and O–H groups in total. The fourth-order valence-corrected chi connectivity index (χ4v) is 41.3. The van der Waals surface area contributed by atoms with Crippen LogP contribution < -0.4 is 0 Å². The van der Waals surface area contributed by atoms with Crippen molar-refractivity contribution in [3.05, 3.63) is 0 Å². The van der Waals surface area contributed by atoms with Gasteiger partial charge in [0, 0.05) is 0 Å². The molecule has 0 saturated carbocycles. The van der Waals surface area contributed by atoms with Crippen LogP contribution in [0.5, 0.6) is 0 Å². The summed E-state index contributed by atoms with van der Waals surface area (Å²) in [5, 5.41) is 0. The Kier molecular flexibility index (Phi) is 13.4. The molecule has 0 rings (SSSR count). The Morgan fingerprint density at radius 3 is 0.621 bits per heavy atom. The van der Waals surface area contributed by atoms with Crippen molar-refractivity contribution in [2.75, 3.05) is 0 Å². The van der Waals surface area contributed by atoms with Gasteiger partial charge in [-0.15, -0.1) is 0 Å². The molecule has 176 valence electrons. The SMILES string of the molecule is CC[Si](C)(CC)[O][Zr]([O][Si](C)(CC)CC)([O][Si](C)(CC)CC)[O][Si](C)(CC)CC. The molecule has 0 spiro atoms. The molecule has 9 heteroatoms. The van der Waals surface area contributed by atoms with Gasteiger partial charge in [-0.05, 0) is 0 Å². The topological polar surface area (TPSA) is 36.9 Å². The van der Waals surface area contributed by atoms with E-state index in [4.69, 9.17) is 10.0 Å². The zero-order valence-corrected chi connectivity index (χ0v) is 28.2. The van der Waals surface area contributed by atoms with Gasteiger partial charge in [0.1, 0.15) is 0 Å². The van der Waals surface area contributed by atoms with E-state index in [1.807, 2.05) is 0 Å².